The standard InChI is InChI=1S/C16H22ClNO4/c17-13-1-3-14(4-2-13)22-11-16(20)18-8-5-15(19)12-6-9-21-10-7-12/h1-4,12,15,19H,5-11H2,(H,18,20)/t15-/m0/s1. The number of aliphatic hydroxyl groups excluding tert-OH is 1. The Hall–Kier alpha value is -1.30. The number of amides is 1. The van der Waals surface area contributed by atoms with Crippen LogP contribution < -0.4 is 10.1 Å². The van der Waals surface area contributed by atoms with E-state index < -0.39 is 0 Å². The van der Waals surface area contributed by atoms with E-state index >= 15 is 0 Å². The van der Waals surface area contributed by atoms with Crippen molar-refractivity contribution in [1.82, 2.24) is 5.32 Å². The number of carbonyl (C=O) groups excluding carboxylic acids is 1. The van der Waals surface area contributed by atoms with Gasteiger partial charge in [0.25, 0.3) is 5.91 Å². The molecule has 1 aliphatic rings. The molecule has 0 saturated carbocycles. The Morgan fingerprint density at radius 2 is 2.05 bits per heavy atom. The summed E-state index contributed by atoms with van der Waals surface area (Å²) >= 11 is 5.77. The van der Waals surface area contributed by atoms with Crippen LogP contribution >= 0.6 is 11.6 Å². The lowest BCUT2D eigenvalue weighted by Gasteiger charge is -2.26. The van der Waals surface area contributed by atoms with E-state index in [1.807, 2.05) is 0 Å². The van der Waals surface area contributed by atoms with E-state index in [9.17, 15) is 9.90 Å². The molecule has 1 fully saturated rings. The molecule has 6 heteroatoms. The van der Waals surface area contributed by atoms with E-state index in [0.29, 0.717) is 37.0 Å². The Balaban J connectivity index is 1.60. The molecule has 1 amide bonds. The number of rotatable bonds is 7. The van der Waals surface area contributed by atoms with Gasteiger partial charge in [0.1, 0.15) is 5.75 Å². The summed E-state index contributed by atoms with van der Waals surface area (Å²) in [5.74, 6) is 0.673. The third kappa shape index (κ3) is 5.83. The number of aliphatic hydroxyl groups is 1. The first-order chi connectivity index (χ1) is 10.6. The van der Waals surface area contributed by atoms with E-state index in [4.69, 9.17) is 21.1 Å². The first-order valence-electron chi connectivity index (χ1n) is 7.56. The molecular weight excluding hydrogens is 306 g/mol. The van der Waals surface area contributed by atoms with Crippen LogP contribution in [-0.2, 0) is 9.53 Å². The van der Waals surface area contributed by atoms with Gasteiger partial charge in [-0.05, 0) is 49.4 Å². The lowest BCUT2D eigenvalue weighted by molar-refractivity contribution is -0.123. The summed E-state index contributed by atoms with van der Waals surface area (Å²) in [5.41, 5.74) is 0. The Morgan fingerprint density at radius 1 is 1.36 bits per heavy atom. The second-order valence-electron chi connectivity index (χ2n) is 5.40. The molecule has 0 aromatic heterocycles. The van der Waals surface area contributed by atoms with E-state index in [1.165, 1.54) is 0 Å². The molecule has 0 aliphatic carbocycles. The zero-order valence-corrected chi connectivity index (χ0v) is 13.2. The highest BCUT2D eigenvalue weighted by Crippen LogP contribution is 2.20. The molecule has 2 N–H and O–H groups in total. The number of carbonyl (C=O) groups is 1. The van der Waals surface area contributed by atoms with Crippen molar-refractivity contribution in [1.29, 1.82) is 0 Å². The molecule has 1 atom stereocenters. The molecule has 0 unspecified atom stereocenters. The average Bonchev–Trinajstić information content (AvgIpc) is 2.55. The van der Waals surface area contributed by atoms with Crippen molar-refractivity contribution in [2.24, 2.45) is 5.92 Å². The van der Waals surface area contributed by atoms with Crippen molar-refractivity contribution < 1.29 is 19.4 Å². The molecule has 1 saturated heterocycles. The smallest absolute Gasteiger partial charge is 0.257 e. The van der Waals surface area contributed by atoms with Crippen LogP contribution in [0.2, 0.25) is 5.02 Å². The van der Waals surface area contributed by atoms with Gasteiger partial charge in [0.05, 0.1) is 6.10 Å². The number of nitrogens with one attached hydrogen (secondary N) is 1. The van der Waals surface area contributed by atoms with E-state index in [2.05, 4.69) is 5.32 Å². The molecule has 1 heterocycles. The highest BCUT2D eigenvalue weighted by atomic mass is 35.5. The molecule has 0 spiro atoms. The van der Waals surface area contributed by atoms with Crippen molar-refractivity contribution in [3.05, 3.63) is 29.3 Å². The van der Waals surface area contributed by atoms with Crippen molar-refractivity contribution >= 4 is 17.5 Å². The summed E-state index contributed by atoms with van der Waals surface area (Å²) in [7, 11) is 0. The molecule has 122 valence electrons. The Bertz CT molecular complexity index is 460. The molecule has 2 rings (SSSR count). The third-order valence-electron chi connectivity index (χ3n) is 3.76. The predicted molar refractivity (Wildman–Crippen MR) is 84.1 cm³/mol. The topological polar surface area (TPSA) is 67.8 Å². The maximum atomic E-state index is 11.7. The Labute approximate surface area is 135 Å². The second-order valence-corrected chi connectivity index (χ2v) is 5.83. The minimum atomic E-state index is -0.388. The summed E-state index contributed by atoms with van der Waals surface area (Å²) < 4.78 is 10.6. The maximum absolute atomic E-state index is 11.7. The minimum Gasteiger partial charge on any atom is -0.484 e. The van der Waals surface area contributed by atoms with E-state index in [0.717, 1.165) is 12.8 Å². The SMILES string of the molecule is O=C(COc1ccc(Cl)cc1)NCC[C@H](O)C1CCOCC1. The predicted octanol–water partition coefficient (Wildman–Crippen LogP) is 2.01. The Kier molecular flexibility index (Phi) is 6.96. The summed E-state index contributed by atoms with van der Waals surface area (Å²) in [4.78, 5) is 11.7. The summed E-state index contributed by atoms with van der Waals surface area (Å²) in [6.07, 6.45) is 1.93. The fourth-order valence-corrected chi connectivity index (χ4v) is 2.55. The normalized spacial score (nSPS) is 17.0. The van der Waals surface area contributed by atoms with Crippen LogP contribution in [0.5, 0.6) is 5.75 Å². The van der Waals surface area contributed by atoms with Crippen LogP contribution in [0.4, 0.5) is 0 Å². The molecule has 0 radical (unpaired) electrons. The van der Waals surface area contributed by atoms with Crippen molar-refractivity contribution in [3.8, 4) is 5.75 Å². The van der Waals surface area contributed by atoms with Gasteiger partial charge in [-0.15, -0.1) is 0 Å². The highest BCUT2D eigenvalue weighted by molar-refractivity contribution is 6.30. The number of hydrogen-bond donors (Lipinski definition) is 2. The van der Waals surface area contributed by atoms with Gasteiger partial charge >= 0.3 is 0 Å². The second kappa shape index (κ2) is 8.98. The van der Waals surface area contributed by atoms with E-state index in [-0.39, 0.29) is 24.5 Å². The number of ether oxygens (including phenoxy) is 2. The molecule has 1 aromatic rings. The third-order valence-corrected chi connectivity index (χ3v) is 4.01. The van der Waals surface area contributed by atoms with Gasteiger partial charge in [-0.1, -0.05) is 11.6 Å². The number of benzene rings is 1. The summed E-state index contributed by atoms with van der Waals surface area (Å²) in [6, 6.07) is 6.84. The fraction of sp³-hybridized carbons (Fsp3) is 0.562. The highest BCUT2D eigenvalue weighted by Gasteiger charge is 2.21. The molecule has 22 heavy (non-hydrogen) atoms. The minimum absolute atomic E-state index is 0.0466. The van der Waals surface area contributed by atoms with Crippen LogP contribution in [0, 0.1) is 5.92 Å². The molecule has 5 nitrogen and oxygen atoms in total. The van der Waals surface area contributed by atoms with Crippen LogP contribution in [0.1, 0.15) is 19.3 Å². The van der Waals surface area contributed by atoms with Gasteiger partial charge < -0.3 is 19.9 Å². The lowest BCUT2D eigenvalue weighted by atomic mass is 9.92. The lowest BCUT2D eigenvalue weighted by Crippen LogP contribution is -2.34. The molecule has 1 aromatic carbocycles. The molecule has 0 bridgehead atoms. The van der Waals surface area contributed by atoms with Crippen molar-refractivity contribution in [2.75, 3.05) is 26.4 Å². The van der Waals surface area contributed by atoms with E-state index in [1.54, 1.807) is 24.3 Å². The first kappa shape index (κ1) is 17.1. The number of halogens is 1. The summed E-state index contributed by atoms with van der Waals surface area (Å²) in [5, 5.41) is 13.4. The average molecular weight is 328 g/mol. The van der Waals surface area contributed by atoms with Crippen LogP contribution in [0.15, 0.2) is 24.3 Å². The van der Waals surface area contributed by atoms with Gasteiger partial charge in [-0.2, -0.15) is 0 Å². The van der Waals surface area contributed by atoms with Crippen LogP contribution in [-0.4, -0.2) is 43.5 Å². The largest absolute Gasteiger partial charge is 0.484 e. The van der Waals surface area contributed by atoms with Crippen LogP contribution in [0.3, 0.4) is 0 Å². The van der Waals surface area contributed by atoms with Gasteiger partial charge in [0.15, 0.2) is 6.61 Å². The van der Waals surface area contributed by atoms with Gasteiger partial charge in [-0.25, -0.2) is 0 Å². The zero-order chi connectivity index (χ0) is 15.8. The maximum Gasteiger partial charge on any atom is 0.257 e. The Morgan fingerprint density at radius 3 is 2.73 bits per heavy atom. The number of hydrogen-bond acceptors (Lipinski definition) is 4. The molecule has 1 aliphatic heterocycles. The monoisotopic (exact) mass is 327 g/mol. The van der Waals surface area contributed by atoms with Gasteiger partial charge in [0.2, 0.25) is 0 Å². The van der Waals surface area contributed by atoms with Crippen molar-refractivity contribution in [2.45, 2.75) is 25.4 Å². The first-order valence-corrected chi connectivity index (χ1v) is 7.94. The van der Waals surface area contributed by atoms with Gasteiger partial charge in [0, 0.05) is 24.8 Å². The fourth-order valence-electron chi connectivity index (χ4n) is 2.43. The zero-order valence-electron chi connectivity index (χ0n) is 12.5. The van der Waals surface area contributed by atoms with Gasteiger partial charge in [-0.3, -0.25) is 4.79 Å². The summed E-state index contributed by atoms with van der Waals surface area (Å²) in [6.45, 7) is 1.82. The van der Waals surface area contributed by atoms with Crippen LogP contribution in [0.25, 0.3) is 0 Å². The van der Waals surface area contributed by atoms with Crippen molar-refractivity contribution in [3.63, 3.8) is 0 Å². The molecular formula is C16H22ClNO4. The quantitative estimate of drug-likeness (QED) is 0.804.